The first kappa shape index (κ1) is 26.7. The van der Waals surface area contributed by atoms with Crippen LogP contribution in [0.5, 0.6) is 0 Å². The maximum absolute atomic E-state index is 13.1. The third kappa shape index (κ3) is 5.90. The highest BCUT2D eigenvalue weighted by Gasteiger charge is 2.21. The van der Waals surface area contributed by atoms with E-state index < -0.39 is 0 Å². The molecule has 1 aliphatic rings. The van der Waals surface area contributed by atoms with Gasteiger partial charge in [0.15, 0.2) is 5.78 Å². The van der Waals surface area contributed by atoms with Crippen molar-refractivity contribution in [1.82, 2.24) is 39.6 Å². The van der Waals surface area contributed by atoms with Crippen molar-refractivity contribution in [2.45, 2.75) is 53.0 Å². The summed E-state index contributed by atoms with van der Waals surface area (Å²) in [6, 6.07) is 5.94. The van der Waals surface area contributed by atoms with Gasteiger partial charge >= 0.3 is 0 Å². The first-order valence-corrected chi connectivity index (χ1v) is 13.5. The molecule has 0 radical (unpaired) electrons. The van der Waals surface area contributed by atoms with Gasteiger partial charge in [-0.3, -0.25) is 19.4 Å². The van der Waals surface area contributed by atoms with Crippen LogP contribution in [0.4, 0.5) is 5.69 Å². The third-order valence-electron chi connectivity index (χ3n) is 7.13. The van der Waals surface area contributed by atoms with Crippen molar-refractivity contribution in [2.24, 2.45) is 0 Å². The third-order valence-corrected chi connectivity index (χ3v) is 7.13. The SMILES string of the molecule is Cc1ncc(CC(=O)c2cc(C)n(C(C)(C)C)n2)cc1-n1cc(-c2cncc(N3CCCN(C)CC3)c2)nn1. The predicted octanol–water partition coefficient (Wildman–Crippen LogP) is 3.86. The van der Waals surface area contributed by atoms with Crippen LogP contribution in [0.25, 0.3) is 16.9 Å². The van der Waals surface area contributed by atoms with Gasteiger partial charge < -0.3 is 9.80 Å². The molecule has 1 saturated heterocycles. The number of nitrogens with zero attached hydrogens (tertiary/aromatic N) is 9. The summed E-state index contributed by atoms with van der Waals surface area (Å²) in [4.78, 5) is 26.9. The molecule has 0 aliphatic carbocycles. The van der Waals surface area contributed by atoms with Gasteiger partial charge in [0, 0.05) is 49.7 Å². The Morgan fingerprint density at radius 3 is 2.59 bits per heavy atom. The summed E-state index contributed by atoms with van der Waals surface area (Å²) in [5, 5.41) is 13.4. The van der Waals surface area contributed by atoms with Crippen molar-refractivity contribution in [2.75, 3.05) is 38.1 Å². The number of rotatable bonds is 6. The summed E-state index contributed by atoms with van der Waals surface area (Å²) in [6.07, 6.45) is 8.70. The highest BCUT2D eigenvalue weighted by Crippen LogP contribution is 2.24. The standard InChI is InChI=1S/C29H37N9O/c1-20-12-25(33-38(20)29(3,4)5)28(39)14-22-13-27(21(2)31-16-22)37-19-26(32-34-37)23-15-24(18-30-17-23)36-9-7-8-35(6)10-11-36/h12-13,15-19H,7-11,14H2,1-6H3. The number of aromatic nitrogens is 7. The fourth-order valence-corrected chi connectivity index (χ4v) is 5.02. The van der Waals surface area contributed by atoms with Gasteiger partial charge in [-0.1, -0.05) is 5.21 Å². The second kappa shape index (κ2) is 10.7. The molecule has 0 aromatic carbocycles. The van der Waals surface area contributed by atoms with Crippen LogP contribution in [-0.2, 0) is 12.0 Å². The Bertz CT molecular complexity index is 1480. The number of likely N-dealkylation sites (N-methyl/N-ethyl adjacent to an activating group) is 1. The van der Waals surface area contributed by atoms with E-state index in [1.54, 1.807) is 10.9 Å². The maximum atomic E-state index is 13.1. The highest BCUT2D eigenvalue weighted by molar-refractivity contribution is 5.95. The predicted molar refractivity (Wildman–Crippen MR) is 151 cm³/mol. The summed E-state index contributed by atoms with van der Waals surface area (Å²) in [5.74, 6) is -0.0421. The Morgan fingerprint density at radius 2 is 1.82 bits per heavy atom. The number of aryl methyl sites for hydroxylation is 2. The van der Waals surface area contributed by atoms with Gasteiger partial charge in [-0.25, -0.2) is 4.68 Å². The Morgan fingerprint density at radius 1 is 1.00 bits per heavy atom. The molecule has 10 heteroatoms. The normalized spacial score (nSPS) is 15.0. The number of ketones is 1. The van der Waals surface area contributed by atoms with Crippen molar-refractivity contribution in [3.8, 4) is 16.9 Å². The summed E-state index contributed by atoms with van der Waals surface area (Å²) in [5.41, 5.74) is 6.38. The zero-order chi connectivity index (χ0) is 27.7. The van der Waals surface area contributed by atoms with E-state index in [1.807, 2.05) is 49.3 Å². The number of anilines is 1. The zero-order valence-corrected chi connectivity index (χ0v) is 23.7. The minimum atomic E-state index is -0.190. The van der Waals surface area contributed by atoms with Gasteiger partial charge in [0.2, 0.25) is 0 Å². The molecule has 5 rings (SSSR count). The lowest BCUT2D eigenvalue weighted by atomic mass is 10.1. The number of carbonyl (C=O) groups is 1. The number of carbonyl (C=O) groups excluding carboxylic acids is 1. The highest BCUT2D eigenvalue weighted by atomic mass is 16.1. The Hall–Kier alpha value is -3.92. The molecule has 0 unspecified atom stereocenters. The fraction of sp³-hybridized carbons (Fsp3) is 0.448. The number of pyridine rings is 2. The second-order valence-corrected chi connectivity index (χ2v) is 11.4. The quantitative estimate of drug-likeness (QED) is 0.349. The lowest BCUT2D eigenvalue weighted by molar-refractivity contribution is 0.0986. The molecule has 4 aromatic rings. The minimum absolute atomic E-state index is 0.0421. The van der Waals surface area contributed by atoms with Crippen molar-refractivity contribution >= 4 is 11.5 Å². The van der Waals surface area contributed by atoms with Crippen LogP contribution in [0.3, 0.4) is 0 Å². The first-order valence-electron chi connectivity index (χ1n) is 13.5. The number of hydrogen-bond donors (Lipinski definition) is 0. The van der Waals surface area contributed by atoms with Crippen molar-refractivity contribution in [1.29, 1.82) is 0 Å². The average molecular weight is 528 g/mol. The van der Waals surface area contributed by atoms with Gasteiger partial charge in [-0.2, -0.15) is 5.10 Å². The summed E-state index contributed by atoms with van der Waals surface area (Å²) in [7, 11) is 2.17. The monoisotopic (exact) mass is 527 g/mol. The van der Waals surface area contributed by atoms with Gasteiger partial charge in [-0.15, -0.1) is 5.10 Å². The van der Waals surface area contributed by atoms with Crippen molar-refractivity contribution in [3.63, 3.8) is 0 Å². The largest absolute Gasteiger partial charge is 0.369 e. The van der Waals surface area contributed by atoms with E-state index in [1.165, 1.54) is 0 Å². The van der Waals surface area contributed by atoms with E-state index in [-0.39, 0.29) is 17.7 Å². The molecule has 0 spiro atoms. The van der Waals surface area contributed by atoms with Crippen LogP contribution in [0.15, 0.2) is 43.0 Å². The molecule has 4 aromatic heterocycles. The van der Waals surface area contributed by atoms with Gasteiger partial charge in [-0.05, 0) is 78.4 Å². The van der Waals surface area contributed by atoms with E-state index in [4.69, 9.17) is 0 Å². The molecule has 1 fully saturated rings. The number of Topliss-reactive ketones (excluding diaryl/α,β-unsaturated/α-hetero) is 1. The summed E-state index contributed by atoms with van der Waals surface area (Å²) in [6.45, 7) is 14.2. The van der Waals surface area contributed by atoms with Crippen LogP contribution in [-0.4, -0.2) is 78.7 Å². The average Bonchev–Trinajstić information content (AvgIpc) is 3.49. The molecule has 1 aliphatic heterocycles. The van der Waals surface area contributed by atoms with Gasteiger partial charge in [0.1, 0.15) is 11.4 Å². The maximum Gasteiger partial charge on any atom is 0.187 e. The van der Waals surface area contributed by atoms with Crippen LogP contribution in [0.2, 0.25) is 0 Å². The molecule has 0 saturated carbocycles. The van der Waals surface area contributed by atoms with E-state index in [0.717, 1.165) is 72.2 Å². The van der Waals surface area contributed by atoms with E-state index in [0.29, 0.717) is 5.69 Å². The molecule has 0 atom stereocenters. The van der Waals surface area contributed by atoms with Crippen LogP contribution >= 0.6 is 0 Å². The van der Waals surface area contributed by atoms with E-state index in [2.05, 4.69) is 69.1 Å². The van der Waals surface area contributed by atoms with Crippen LogP contribution in [0.1, 0.15) is 54.6 Å². The zero-order valence-electron chi connectivity index (χ0n) is 23.7. The first-order chi connectivity index (χ1) is 18.6. The molecule has 5 heterocycles. The summed E-state index contributed by atoms with van der Waals surface area (Å²) < 4.78 is 3.61. The topological polar surface area (TPSA) is 97.9 Å². The molecule has 39 heavy (non-hydrogen) atoms. The molecular formula is C29H37N9O. The molecule has 10 nitrogen and oxygen atoms in total. The lowest BCUT2D eigenvalue weighted by Gasteiger charge is -2.22. The van der Waals surface area contributed by atoms with Crippen LogP contribution in [0, 0.1) is 13.8 Å². The minimum Gasteiger partial charge on any atom is -0.369 e. The molecule has 0 bridgehead atoms. The van der Waals surface area contributed by atoms with E-state index in [9.17, 15) is 4.79 Å². The molecule has 0 amide bonds. The Kier molecular flexibility index (Phi) is 7.31. The fourth-order valence-electron chi connectivity index (χ4n) is 5.02. The number of hydrogen-bond acceptors (Lipinski definition) is 8. The van der Waals surface area contributed by atoms with Gasteiger partial charge in [0.05, 0.1) is 35.0 Å². The molecule has 0 N–H and O–H groups in total. The lowest BCUT2D eigenvalue weighted by Crippen LogP contribution is -2.28. The Balaban J connectivity index is 1.35. The molecule has 204 valence electrons. The van der Waals surface area contributed by atoms with Gasteiger partial charge in [0.25, 0.3) is 0 Å². The summed E-state index contributed by atoms with van der Waals surface area (Å²) >= 11 is 0. The van der Waals surface area contributed by atoms with Crippen LogP contribution < -0.4 is 4.90 Å². The second-order valence-electron chi connectivity index (χ2n) is 11.4. The van der Waals surface area contributed by atoms with Crippen molar-refractivity contribution < 1.29 is 4.79 Å². The van der Waals surface area contributed by atoms with Crippen molar-refractivity contribution in [3.05, 3.63) is 65.6 Å². The van der Waals surface area contributed by atoms with E-state index >= 15 is 0 Å². The Labute approximate surface area is 229 Å². The smallest absolute Gasteiger partial charge is 0.187 e. The molecular weight excluding hydrogens is 490 g/mol.